The van der Waals surface area contributed by atoms with Crippen molar-refractivity contribution in [1.29, 1.82) is 0 Å². The monoisotopic (exact) mass is 341 g/mol. The van der Waals surface area contributed by atoms with E-state index in [4.69, 9.17) is 4.52 Å². The van der Waals surface area contributed by atoms with Crippen molar-refractivity contribution < 1.29 is 13.7 Å². The van der Waals surface area contributed by atoms with Gasteiger partial charge in [-0.3, -0.25) is 4.79 Å². The first kappa shape index (κ1) is 17.1. The smallest absolute Gasteiger partial charge is 0.259 e. The third kappa shape index (κ3) is 3.38. The van der Waals surface area contributed by atoms with Gasteiger partial charge < -0.3 is 9.42 Å². The van der Waals surface area contributed by atoms with Crippen LogP contribution in [0, 0.1) is 12.7 Å². The largest absolute Gasteiger partial charge is 0.337 e. The molecule has 6 heteroatoms. The number of hydrogen-bond acceptors (Lipinski definition) is 4. The van der Waals surface area contributed by atoms with Gasteiger partial charge in [0.05, 0.1) is 16.6 Å². The number of nitrogens with zero attached hydrogens (tertiary/aromatic N) is 3. The number of amides is 1. The number of carbonyl (C=O) groups excluding carboxylic acids is 1. The topological polar surface area (TPSA) is 59.2 Å². The molecule has 1 amide bonds. The van der Waals surface area contributed by atoms with Crippen molar-refractivity contribution in [3.63, 3.8) is 0 Å². The minimum absolute atomic E-state index is 0.148. The first-order chi connectivity index (χ1) is 11.9. The van der Waals surface area contributed by atoms with Crippen molar-refractivity contribution in [1.82, 2.24) is 15.0 Å². The Balaban J connectivity index is 1.99. The van der Waals surface area contributed by atoms with Crippen LogP contribution in [0.2, 0.25) is 0 Å². The summed E-state index contributed by atoms with van der Waals surface area (Å²) in [5.41, 5.74) is 3.00. The molecule has 5 nitrogen and oxygen atoms in total. The van der Waals surface area contributed by atoms with Gasteiger partial charge >= 0.3 is 0 Å². The normalized spacial score (nSPS) is 11.3. The van der Waals surface area contributed by atoms with Crippen LogP contribution < -0.4 is 0 Å². The summed E-state index contributed by atoms with van der Waals surface area (Å²) in [6.45, 7) is 6.10. The van der Waals surface area contributed by atoms with E-state index in [9.17, 15) is 9.18 Å². The van der Waals surface area contributed by atoms with Gasteiger partial charge in [0.1, 0.15) is 5.82 Å². The maximum absolute atomic E-state index is 13.4. The van der Waals surface area contributed by atoms with Crippen LogP contribution in [0.4, 0.5) is 4.39 Å². The lowest BCUT2D eigenvalue weighted by molar-refractivity contribution is 0.0786. The van der Waals surface area contributed by atoms with Gasteiger partial charge in [0.15, 0.2) is 0 Å². The van der Waals surface area contributed by atoms with E-state index in [2.05, 4.69) is 10.1 Å². The second kappa shape index (κ2) is 6.63. The molecule has 3 aromatic rings. The van der Waals surface area contributed by atoms with Crippen molar-refractivity contribution in [2.24, 2.45) is 0 Å². The third-order valence-electron chi connectivity index (χ3n) is 4.11. The number of halogens is 1. The highest BCUT2D eigenvalue weighted by molar-refractivity contribution is 6.05. The molecule has 1 aromatic carbocycles. The molecule has 25 heavy (non-hydrogen) atoms. The predicted octanol–water partition coefficient (Wildman–Crippen LogP) is 4.07. The molecule has 3 rings (SSSR count). The number of aromatic nitrogens is 2. The average Bonchev–Trinajstić information content (AvgIpc) is 2.94. The molecule has 2 heterocycles. The summed E-state index contributed by atoms with van der Waals surface area (Å²) in [6, 6.07) is 8.03. The van der Waals surface area contributed by atoms with Crippen LogP contribution >= 0.6 is 0 Å². The van der Waals surface area contributed by atoms with E-state index in [1.165, 1.54) is 12.1 Å². The van der Waals surface area contributed by atoms with Crippen LogP contribution in [0.15, 0.2) is 34.9 Å². The fraction of sp³-hybridized carbons (Fsp3) is 0.316. The van der Waals surface area contributed by atoms with Crippen LogP contribution in [-0.2, 0) is 6.54 Å². The predicted molar refractivity (Wildman–Crippen MR) is 92.8 cm³/mol. The molecule has 0 fully saturated rings. The summed E-state index contributed by atoms with van der Waals surface area (Å²) in [5.74, 6) is -0.346. The molecule has 0 unspecified atom stereocenters. The molecule has 0 bridgehead atoms. The molecule has 0 aliphatic rings. The standard InChI is InChI=1S/C19H20FN3O2/c1-11(2)16-9-15(17-12(3)22-25-18(17)21-16)19(24)23(4)10-13-6-5-7-14(20)8-13/h5-9,11H,10H2,1-4H3. The van der Waals surface area contributed by atoms with E-state index in [-0.39, 0.29) is 17.6 Å². The SMILES string of the molecule is Cc1noc2nc(C(C)C)cc(C(=O)N(C)Cc3cccc(F)c3)c12. The molecule has 0 N–H and O–H groups in total. The fourth-order valence-electron chi connectivity index (χ4n) is 2.76. The highest BCUT2D eigenvalue weighted by Gasteiger charge is 2.22. The van der Waals surface area contributed by atoms with Crippen LogP contribution in [0.3, 0.4) is 0 Å². The molecule has 0 radical (unpaired) electrons. The van der Waals surface area contributed by atoms with Crippen molar-refractivity contribution in [3.05, 3.63) is 58.7 Å². The average molecular weight is 341 g/mol. The molecule has 0 aliphatic heterocycles. The molecule has 0 saturated carbocycles. The van der Waals surface area contributed by atoms with E-state index in [0.29, 0.717) is 28.9 Å². The molecular weight excluding hydrogens is 321 g/mol. The number of hydrogen-bond donors (Lipinski definition) is 0. The van der Waals surface area contributed by atoms with E-state index >= 15 is 0 Å². The van der Waals surface area contributed by atoms with E-state index < -0.39 is 0 Å². The Morgan fingerprint density at radius 3 is 2.76 bits per heavy atom. The summed E-state index contributed by atoms with van der Waals surface area (Å²) in [5, 5.41) is 4.56. The number of benzene rings is 1. The summed E-state index contributed by atoms with van der Waals surface area (Å²) in [4.78, 5) is 19.0. The maximum atomic E-state index is 13.4. The van der Waals surface area contributed by atoms with Crippen LogP contribution in [-0.4, -0.2) is 28.0 Å². The lowest BCUT2D eigenvalue weighted by Gasteiger charge is -2.18. The fourth-order valence-corrected chi connectivity index (χ4v) is 2.76. The maximum Gasteiger partial charge on any atom is 0.259 e. The first-order valence-electron chi connectivity index (χ1n) is 8.13. The van der Waals surface area contributed by atoms with Crippen LogP contribution in [0.1, 0.15) is 47.1 Å². The van der Waals surface area contributed by atoms with Crippen molar-refractivity contribution in [3.8, 4) is 0 Å². The van der Waals surface area contributed by atoms with Gasteiger partial charge in [0.2, 0.25) is 0 Å². The highest BCUT2D eigenvalue weighted by Crippen LogP contribution is 2.26. The lowest BCUT2D eigenvalue weighted by Crippen LogP contribution is -2.26. The highest BCUT2D eigenvalue weighted by atomic mass is 19.1. The Morgan fingerprint density at radius 2 is 2.08 bits per heavy atom. The number of carbonyl (C=O) groups is 1. The second-order valence-electron chi connectivity index (χ2n) is 6.49. The molecule has 0 atom stereocenters. The minimum atomic E-state index is -0.318. The molecule has 0 saturated heterocycles. The Kier molecular flexibility index (Phi) is 4.53. The van der Waals surface area contributed by atoms with Gasteiger partial charge in [-0.05, 0) is 36.6 Å². The quantitative estimate of drug-likeness (QED) is 0.718. The van der Waals surface area contributed by atoms with E-state index in [0.717, 1.165) is 11.3 Å². The molecule has 130 valence electrons. The Hall–Kier alpha value is -2.76. The number of pyridine rings is 1. The molecule has 2 aromatic heterocycles. The first-order valence-corrected chi connectivity index (χ1v) is 8.13. The summed E-state index contributed by atoms with van der Waals surface area (Å²) < 4.78 is 18.6. The van der Waals surface area contributed by atoms with Crippen molar-refractivity contribution in [2.75, 3.05) is 7.05 Å². The van der Waals surface area contributed by atoms with Gasteiger partial charge in [0.25, 0.3) is 11.6 Å². The Morgan fingerprint density at radius 1 is 1.32 bits per heavy atom. The lowest BCUT2D eigenvalue weighted by atomic mass is 10.0. The van der Waals surface area contributed by atoms with Gasteiger partial charge in [-0.25, -0.2) is 9.37 Å². The number of rotatable bonds is 4. The van der Waals surface area contributed by atoms with Crippen LogP contribution in [0.5, 0.6) is 0 Å². The zero-order chi connectivity index (χ0) is 18.1. The molecular formula is C19H20FN3O2. The minimum Gasteiger partial charge on any atom is -0.337 e. The molecule has 0 aliphatic carbocycles. The number of fused-ring (bicyclic) bond motifs is 1. The summed E-state index contributed by atoms with van der Waals surface area (Å²) in [7, 11) is 1.69. The Labute approximate surface area is 145 Å². The molecule has 0 spiro atoms. The zero-order valence-corrected chi connectivity index (χ0v) is 14.7. The Bertz CT molecular complexity index is 934. The summed E-state index contributed by atoms with van der Waals surface area (Å²) in [6.07, 6.45) is 0. The van der Waals surface area contributed by atoms with Crippen molar-refractivity contribution in [2.45, 2.75) is 33.2 Å². The van der Waals surface area contributed by atoms with Crippen LogP contribution in [0.25, 0.3) is 11.1 Å². The van der Waals surface area contributed by atoms with Gasteiger partial charge in [-0.2, -0.15) is 0 Å². The van der Waals surface area contributed by atoms with E-state index in [1.54, 1.807) is 37.1 Å². The zero-order valence-electron chi connectivity index (χ0n) is 14.7. The van der Waals surface area contributed by atoms with Gasteiger partial charge in [-0.15, -0.1) is 0 Å². The van der Waals surface area contributed by atoms with Crippen molar-refractivity contribution >= 4 is 17.0 Å². The third-order valence-corrected chi connectivity index (χ3v) is 4.11. The van der Waals surface area contributed by atoms with Gasteiger partial charge in [-0.1, -0.05) is 31.1 Å². The van der Waals surface area contributed by atoms with Gasteiger partial charge in [0, 0.05) is 19.3 Å². The number of aryl methyl sites for hydroxylation is 1. The van der Waals surface area contributed by atoms with E-state index in [1.807, 2.05) is 13.8 Å². The second-order valence-corrected chi connectivity index (χ2v) is 6.49. The summed E-state index contributed by atoms with van der Waals surface area (Å²) >= 11 is 0.